The molecule has 0 bridgehead atoms. The van der Waals surface area contributed by atoms with Crippen LogP contribution in [-0.2, 0) is 6.42 Å². The molecule has 0 amide bonds. The van der Waals surface area contributed by atoms with Crippen LogP contribution in [0.15, 0.2) is 48.5 Å². The fourth-order valence-electron chi connectivity index (χ4n) is 2.07. The third-order valence-electron chi connectivity index (χ3n) is 3.31. The molecule has 3 nitrogen and oxygen atoms in total. The van der Waals surface area contributed by atoms with E-state index in [-0.39, 0.29) is 5.75 Å². The number of aromatic hydroxyl groups is 1. The summed E-state index contributed by atoms with van der Waals surface area (Å²) in [5.74, 6) is 0.240. The summed E-state index contributed by atoms with van der Waals surface area (Å²) in [5, 5.41) is 9.20. The highest BCUT2D eigenvalue weighted by Crippen LogP contribution is 2.17. The number of rotatable bonds is 6. The van der Waals surface area contributed by atoms with Crippen molar-refractivity contribution in [3.05, 3.63) is 59.7 Å². The van der Waals surface area contributed by atoms with Crippen LogP contribution in [0, 0.1) is 0 Å². The maximum Gasteiger partial charge on any atom is 0.343 e. The van der Waals surface area contributed by atoms with Crippen LogP contribution in [0.25, 0.3) is 0 Å². The Hall–Kier alpha value is -2.29. The number of aryl methyl sites for hydroxylation is 1. The van der Waals surface area contributed by atoms with Crippen molar-refractivity contribution in [2.45, 2.75) is 32.6 Å². The Bertz CT molecular complexity index is 570. The summed E-state index contributed by atoms with van der Waals surface area (Å²) in [7, 11) is 0. The van der Waals surface area contributed by atoms with Gasteiger partial charge in [0, 0.05) is 0 Å². The molecule has 0 saturated carbocycles. The van der Waals surface area contributed by atoms with E-state index in [2.05, 4.69) is 6.92 Å². The molecule has 0 spiro atoms. The number of esters is 1. The van der Waals surface area contributed by atoms with Crippen LogP contribution in [0.1, 0.15) is 42.1 Å². The number of hydrogen-bond acceptors (Lipinski definition) is 3. The van der Waals surface area contributed by atoms with Crippen LogP contribution in [-0.4, -0.2) is 11.1 Å². The molecule has 3 heteroatoms. The number of carbonyl (C=O) groups excluding carboxylic acids is 1. The Balaban J connectivity index is 1.93. The zero-order chi connectivity index (χ0) is 15.1. The van der Waals surface area contributed by atoms with E-state index in [4.69, 9.17) is 4.74 Å². The molecule has 0 aliphatic carbocycles. The minimum absolute atomic E-state index is 0.128. The van der Waals surface area contributed by atoms with E-state index >= 15 is 0 Å². The number of unbranched alkanes of at least 4 members (excludes halogenated alkanes) is 2. The van der Waals surface area contributed by atoms with E-state index in [1.54, 1.807) is 0 Å². The highest BCUT2D eigenvalue weighted by molar-refractivity contribution is 5.91. The van der Waals surface area contributed by atoms with Crippen molar-refractivity contribution >= 4 is 5.97 Å². The van der Waals surface area contributed by atoms with Crippen molar-refractivity contribution in [2.75, 3.05) is 0 Å². The lowest BCUT2D eigenvalue weighted by molar-refractivity contribution is 0.0734. The summed E-state index contributed by atoms with van der Waals surface area (Å²) in [6, 6.07) is 13.6. The molecule has 2 rings (SSSR count). The van der Waals surface area contributed by atoms with Gasteiger partial charge in [0.1, 0.15) is 11.5 Å². The average Bonchev–Trinajstić information content (AvgIpc) is 2.50. The molecule has 2 aromatic rings. The van der Waals surface area contributed by atoms with Crippen LogP contribution in [0.5, 0.6) is 11.5 Å². The van der Waals surface area contributed by atoms with Crippen molar-refractivity contribution in [3.63, 3.8) is 0 Å². The van der Waals surface area contributed by atoms with Gasteiger partial charge in [0.2, 0.25) is 0 Å². The van der Waals surface area contributed by atoms with Gasteiger partial charge in [0.05, 0.1) is 5.56 Å². The van der Waals surface area contributed by atoms with E-state index in [1.807, 2.05) is 24.3 Å². The van der Waals surface area contributed by atoms with Crippen molar-refractivity contribution in [2.24, 2.45) is 0 Å². The minimum atomic E-state index is -0.422. The first-order chi connectivity index (χ1) is 10.2. The molecule has 0 aliphatic heterocycles. The second-order valence-electron chi connectivity index (χ2n) is 5.04. The van der Waals surface area contributed by atoms with Gasteiger partial charge in [0.15, 0.2) is 0 Å². The molecule has 0 saturated heterocycles. The highest BCUT2D eigenvalue weighted by atomic mass is 16.5. The second kappa shape index (κ2) is 7.48. The molecule has 0 unspecified atom stereocenters. The predicted molar refractivity (Wildman–Crippen MR) is 82.7 cm³/mol. The van der Waals surface area contributed by atoms with Crippen molar-refractivity contribution in [1.82, 2.24) is 0 Å². The van der Waals surface area contributed by atoms with E-state index < -0.39 is 5.97 Å². The number of carbonyl (C=O) groups is 1. The fourth-order valence-corrected chi connectivity index (χ4v) is 2.07. The summed E-state index contributed by atoms with van der Waals surface area (Å²) in [5.41, 5.74) is 1.67. The quantitative estimate of drug-likeness (QED) is 0.487. The standard InChI is InChI=1S/C18H20O3/c1-2-3-4-5-14-6-12-17(13-7-14)21-18(20)15-8-10-16(19)11-9-15/h6-13,19H,2-5H2,1H3. The van der Waals surface area contributed by atoms with E-state index in [0.717, 1.165) is 6.42 Å². The largest absolute Gasteiger partial charge is 0.508 e. The van der Waals surface area contributed by atoms with Crippen LogP contribution >= 0.6 is 0 Å². The molecular formula is C18H20O3. The van der Waals surface area contributed by atoms with Gasteiger partial charge in [-0.2, -0.15) is 0 Å². The van der Waals surface area contributed by atoms with Crippen LogP contribution in [0.3, 0.4) is 0 Å². The molecule has 110 valence electrons. The lowest BCUT2D eigenvalue weighted by atomic mass is 10.1. The smallest absolute Gasteiger partial charge is 0.343 e. The third kappa shape index (κ3) is 4.63. The summed E-state index contributed by atoms with van der Waals surface area (Å²) in [6.45, 7) is 2.19. The number of hydrogen-bond donors (Lipinski definition) is 1. The Labute approximate surface area is 125 Å². The number of benzene rings is 2. The maximum absolute atomic E-state index is 11.9. The zero-order valence-corrected chi connectivity index (χ0v) is 12.2. The Morgan fingerprint density at radius 2 is 1.67 bits per heavy atom. The van der Waals surface area contributed by atoms with Crippen molar-refractivity contribution in [1.29, 1.82) is 0 Å². The highest BCUT2D eigenvalue weighted by Gasteiger charge is 2.08. The molecule has 21 heavy (non-hydrogen) atoms. The average molecular weight is 284 g/mol. The van der Waals surface area contributed by atoms with Crippen molar-refractivity contribution in [3.8, 4) is 11.5 Å². The van der Waals surface area contributed by atoms with Gasteiger partial charge in [-0.05, 0) is 54.8 Å². The lowest BCUT2D eigenvalue weighted by Gasteiger charge is -2.06. The summed E-state index contributed by atoms with van der Waals surface area (Å²) < 4.78 is 5.30. The van der Waals surface area contributed by atoms with Gasteiger partial charge in [-0.15, -0.1) is 0 Å². The molecule has 0 aliphatic rings. The molecule has 0 heterocycles. The van der Waals surface area contributed by atoms with Gasteiger partial charge in [-0.3, -0.25) is 0 Å². The summed E-state index contributed by atoms with van der Waals surface area (Å²) >= 11 is 0. The summed E-state index contributed by atoms with van der Waals surface area (Å²) in [4.78, 5) is 11.9. The molecule has 0 radical (unpaired) electrons. The van der Waals surface area contributed by atoms with Crippen molar-refractivity contribution < 1.29 is 14.6 Å². The number of ether oxygens (including phenoxy) is 1. The van der Waals surface area contributed by atoms with Crippen LogP contribution in [0.2, 0.25) is 0 Å². The topological polar surface area (TPSA) is 46.5 Å². The van der Waals surface area contributed by atoms with Gasteiger partial charge < -0.3 is 9.84 Å². The lowest BCUT2D eigenvalue weighted by Crippen LogP contribution is -2.08. The number of phenolic OH excluding ortho intramolecular Hbond substituents is 1. The van der Waals surface area contributed by atoms with E-state index in [1.165, 1.54) is 49.1 Å². The molecule has 1 N–H and O–H groups in total. The van der Waals surface area contributed by atoms with E-state index in [0.29, 0.717) is 11.3 Å². The first-order valence-electron chi connectivity index (χ1n) is 7.29. The zero-order valence-electron chi connectivity index (χ0n) is 12.2. The van der Waals surface area contributed by atoms with Gasteiger partial charge in [0.25, 0.3) is 0 Å². The second-order valence-corrected chi connectivity index (χ2v) is 5.04. The fraction of sp³-hybridized carbons (Fsp3) is 0.278. The van der Waals surface area contributed by atoms with E-state index in [9.17, 15) is 9.90 Å². The minimum Gasteiger partial charge on any atom is -0.508 e. The first kappa shape index (κ1) is 15.1. The Kier molecular flexibility index (Phi) is 5.38. The molecular weight excluding hydrogens is 264 g/mol. The molecule has 0 atom stereocenters. The first-order valence-corrected chi connectivity index (χ1v) is 7.29. The van der Waals surface area contributed by atoms with Gasteiger partial charge in [-0.25, -0.2) is 4.79 Å². The third-order valence-corrected chi connectivity index (χ3v) is 3.31. The monoisotopic (exact) mass is 284 g/mol. The maximum atomic E-state index is 11.9. The van der Waals surface area contributed by atoms with Crippen LogP contribution < -0.4 is 4.74 Å². The molecule has 0 fully saturated rings. The molecule has 2 aromatic carbocycles. The normalized spacial score (nSPS) is 10.3. The van der Waals surface area contributed by atoms with Crippen LogP contribution in [0.4, 0.5) is 0 Å². The Morgan fingerprint density at radius 1 is 1.00 bits per heavy atom. The SMILES string of the molecule is CCCCCc1ccc(OC(=O)c2ccc(O)cc2)cc1. The Morgan fingerprint density at radius 3 is 2.29 bits per heavy atom. The van der Waals surface area contributed by atoms with Gasteiger partial charge >= 0.3 is 5.97 Å². The summed E-state index contributed by atoms with van der Waals surface area (Å²) in [6.07, 6.45) is 4.68. The number of phenols is 1. The molecule has 0 aromatic heterocycles. The van der Waals surface area contributed by atoms with Gasteiger partial charge in [-0.1, -0.05) is 31.9 Å². The predicted octanol–water partition coefficient (Wildman–Crippen LogP) is 4.34.